The fraction of sp³-hybridized carbons (Fsp3) is 0.444. The van der Waals surface area contributed by atoms with Gasteiger partial charge in [0, 0.05) is 24.7 Å². The summed E-state index contributed by atoms with van der Waals surface area (Å²) in [5, 5.41) is 6.89. The summed E-state index contributed by atoms with van der Waals surface area (Å²) in [4.78, 5) is 14.4. The highest BCUT2D eigenvalue weighted by Gasteiger charge is 2.32. The summed E-state index contributed by atoms with van der Waals surface area (Å²) >= 11 is 0. The molecule has 0 saturated carbocycles. The van der Waals surface area contributed by atoms with Gasteiger partial charge in [0.15, 0.2) is 5.76 Å². The number of carbonyl (C=O) groups excluding carboxylic acids is 1. The van der Waals surface area contributed by atoms with Gasteiger partial charge in [-0.15, -0.1) is 0 Å². The Labute approximate surface area is 146 Å². The number of carbonyl (C=O) groups is 1. The van der Waals surface area contributed by atoms with Crippen molar-refractivity contribution in [3.05, 3.63) is 41.3 Å². The first-order valence-electron chi connectivity index (χ1n) is 8.31. The van der Waals surface area contributed by atoms with Crippen molar-refractivity contribution in [2.75, 3.05) is 20.8 Å². The number of methoxy groups -OCH3 is 2. The number of nitrogens with one attached hydrogen (secondary N) is 1. The van der Waals surface area contributed by atoms with E-state index >= 15 is 0 Å². The molecule has 2 aromatic rings. The van der Waals surface area contributed by atoms with Crippen molar-refractivity contribution in [3.8, 4) is 11.5 Å². The van der Waals surface area contributed by atoms with Crippen molar-refractivity contribution >= 4 is 6.03 Å². The Morgan fingerprint density at radius 3 is 2.88 bits per heavy atom. The largest absolute Gasteiger partial charge is 0.497 e. The first-order valence-corrected chi connectivity index (χ1v) is 8.31. The van der Waals surface area contributed by atoms with Crippen LogP contribution in [0.15, 0.2) is 28.8 Å². The quantitative estimate of drug-likeness (QED) is 0.901. The molecule has 0 bridgehead atoms. The molecule has 1 fully saturated rings. The van der Waals surface area contributed by atoms with Gasteiger partial charge in [0.2, 0.25) is 0 Å². The Morgan fingerprint density at radius 2 is 2.20 bits per heavy atom. The minimum Gasteiger partial charge on any atom is -0.497 e. The summed E-state index contributed by atoms with van der Waals surface area (Å²) in [5.41, 5.74) is 1.69. The third-order valence-corrected chi connectivity index (χ3v) is 4.41. The number of amides is 2. The van der Waals surface area contributed by atoms with E-state index in [1.54, 1.807) is 19.1 Å². The minimum absolute atomic E-state index is 0.0617. The molecule has 1 aliphatic rings. The molecule has 1 N–H and O–H groups in total. The monoisotopic (exact) mass is 345 g/mol. The Balaban J connectivity index is 1.68. The number of likely N-dealkylation sites (tertiary alicyclic amines) is 1. The van der Waals surface area contributed by atoms with Crippen LogP contribution in [-0.4, -0.2) is 36.9 Å². The van der Waals surface area contributed by atoms with E-state index in [2.05, 4.69) is 10.5 Å². The molecule has 1 saturated heterocycles. The molecule has 7 nitrogen and oxygen atoms in total. The summed E-state index contributed by atoms with van der Waals surface area (Å²) in [6.07, 6.45) is 1.82. The first kappa shape index (κ1) is 17.1. The Hall–Kier alpha value is -2.70. The van der Waals surface area contributed by atoms with Crippen molar-refractivity contribution in [2.45, 2.75) is 32.4 Å². The lowest BCUT2D eigenvalue weighted by molar-refractivity contribution is 0.182. The predicted molar refractivity (Wildman–Crippen MR) is 91.7 cm³/mol. The van der Waals surface area contributed by atoms with E-state index < -0.39 is 0 Å². The van der Waals surface area contributed by atoms with E-state index in [9.17, 15) is 4.79 Å². The van der Waals surface area contributed by atoms with Gasteiger partial charge in [-0.1, -0.05) is 5.16 Å². The van der Waals surface area contributed by atoms with E-state index in [4.69, 9.17) is 14.0 Å². The first-order chi connectivity index (χ1) is 12.1. The molecule has 2 amide bonds. The fourth-order valence-electron chi connectivity index (χ4n) is 3.14. The van der Waals surface area contributed by atoms with Crippen molar-refractivity contribution in [3.63, 3.8) is 0 Å². The molecule has 0 unspecified atom stereocenters. The number of hydrogen-bond acceptors (Lipinski definition) is 5. The van der Waals surface area contributed by atoms with Crippen LogP contribution in [0, 0.1) is 6.92 Å². The van der Waals surface area contributed by atoms with Crippen LogP contribution in [0.3, 0.4) is 0 Å². The smallest absolute Gasteiger partial charge is 0.318 e. The van der Waals surface area contributed by atoms with Crippen molar-refractivity contribution in [2.24, 2.45) is 0 Å². The number of rotatable bonds is 5. The van der Waals surface area contributed by atoms with Crippen LogP contribution in [0.2, 0.25) is 0 Å². The predicted octanol–water partition coefficient (Wildman–Crippen LogP) is 3.05. The van der Waals surface area contributed by atoms with Crippen LogP contribution in [-0.2, 0) is 6.54 Å². The molecule has 0 spiro atoms. The molecule has 1 aromatic carbocycles. The second-order valence-corrected chi connectivity index (χ2v) is 6.06. The summed E-state index contributed by atoms with van der Waals surface area (Å²) in [7, 11) is 3.22. The summed E-state index contributed by atoms with van der Waals surface area (Å²) in [6, 6.07) is 7.22. The molecule has 134 valence electrons. The standard InChI is InChI=1S/C18H23N3O4/c1-12-9-17(25-20-12)15-5-4-8-21(15)18(22)19-11-13-10-14(23-2)6-7-16(13)24-3/h6-7,9-10,15H,4-5,8,11H2,1-3H3,(H,19,22)/t15-/m0/s1. The molecule has 0 aliphatic carbocycles. The fourth-order valence-corrected chi connectivity index (χ4v) is 3.14. The highest BCUT2D eigenvalue weighted by Crippen LogP contribution is 2.32. The maximum absolute atomic E-state index is 12.6. The molecule has 2 heterocycles. The van der Waals surface area contributed by atoms with Crippen LogP contribution in [0.4, 0.5) is 4.79 Å². The van der Waals surface area contributed by atoms with E-state index in [1.165, 1.54) is 0 Å². The lowest BCUT2D eigenvalue weighted by Crippen LogP contribution is -2.39. The number of nitrogens with zero attached hydrogens (tertiary/aromatic N) is 2. The van der Waals surface area contributed by atoms with Crippen LogP contribution in [0.1, 0.15) is 35.9 Å². The van der Waals surface area contributed by atoms with E-state index in [0.29, 0.717) is 18.8 Å². The molecule has 7 heteroatoms. The molecular formula is C18H23N3O4. The maximum Gasteiger partial charge on any atom is 0.318 e. The normalized spacial score (nSPS) is 16.8. The average molecular weight is 345 g/mol. The zero-order valence-electron chi connectivity index (χ0n) is 14.7. The van der Waals surface area contributed by atoms with E-state index in [0.717, 1.165) is 35.6 Å². The van der Waals surface area contributed by atoms with Gasteiger partial charge >= 0.3 is 6.03 Å². The zero-order chi connectivity index (χ0) is 17.8. The Kier molecular flexibility index (Phi) is 5.11. The van der Waals surface area contributed by atoms with Crippen molar-refractivity contribution in [1.29, 1.82) is 0 Å². The molecular weight excluding hydrogens is 322 g/mol. The molecule has 3 rings (SSSR count). The second kappa shape index (κ2) is 7.46. The topological polar surface area (TPSA) is 76.8 Å². The third kappa shape index (κ3) is 3.70. The van der Waals surface area contributed by atoms with Gasteiger partial charge in [-0.2, -0.15) is 0 Å². The molecule has 25 heavy (non-hydrogen) atoms. The zero-order valence-corrected chi connectivity index (χ0v) is 14.7. The Morgan fingerprint density at radius 1 is 1.36 bits per heavy atom. The van der Waals surface area contributed by atoms with Gasteiger partial charge in [0.1, 0.15) is 11.5 Å². The summed E-state index contributed by atoms with van der Waals surface area (Å²) in [6.45, 7) is 2.94. The van der Waals surface area contributed by atoms with Crippen molar-refractivity contribution in [1.82, 2.24) is 15.4 Å². The number of benzene rings is 1. The number of aromatic nitrogens is 1. The van der Waals surface area contributed by atoms with E-state index in [1.807, 2.05) is 31.2 Å². The van der Waals surface area contributed by atoms with Crippen LogP contribution in [0.25, 0.3) is 0 Å². The highest BCUT2D eigenvalue weighted by molar-refractivity contribution is 5.75. The lowest BCUT2D eigenvalue weighted by atomic mass is 10.1. The summed E-state index contributed by atoms with van der Waals surface area (Å²) in [5.74, 6) is 2.18. The van der Waals surface area contributed by atoms with Gasteiger partial charge < -0.3 is 24.2 Å². The number of aryl methyl sites for hydroxylation is 1. The van der Waals surface area contributed by atoms with E-state index in [-0.39, 0.29) is 12.1 Å². The van der Waals surface area contributed by atoms with Gasteiger partial charge in [-0.3, -0.25) is 0 Å². The molecule has 1 aromatic heterocycles. The van der Waals surface area contributed by atoms with Crippen LogP contribution < -0.4 is 14.8 Å². The van der Waals surface area contributed by atoms with Crippen LogP contribution >= 0.6 is 0 Å². The molecule has 1 atom stereocenters. The average Bonchev–Trinajstić information content (AvgIpc) is 3.28. The summed E-state index contributed by atoms with van der Waals surface area (Å²) < 4.78 is 15.9. The number of ether oxygens (including phenoxy) is 2. The third-order valence-electron chi connectivity index (χ3n) is 4.41. The molecule has 1 aliphatic heterocycles. The van der Waals surface area contributed by atoms with Crippen LogP contribution in [0.5, 0.6) is 11.5 Å². The highest BCUT2D eigenvalue weighted by atomic mass is 16.5. The van der Waals surface area contributed by atoms with Gasteiger partial charge in [-0.25, -0.2) is 4.79 Å². The SMILES string of the molecule is COc1ccc(OC)c(CNC(=O)N2CCC[C@H]2c2cc(C)no2)c1. The number of hydrogen-bond donors (Lipinski definition) is 1. The lowest BCUT2D eigenvalue weighted by Gasteiger charge is -2.23. The van der Waals surface area contributed by atoms with Gasteiger partial charge in [0.25, 0.3) is 0 Å². The maximum atomic E-state index is 12.6. The minimum atomic E-state index is -0.124. The second-order valence-electron chi connectivity index (χ2n) is 6.06. The van der Waals surface area contributed by atoms with Crippen molar-refractivity contribution < 1.29 is 18.8 Å². The number of urea groups is 1. The Bertz CT molecular complexity index is 744. The molecule has 0 radical (unpaired) electrons. The van der Waals surface area contributed by atoms with Gasteiger partial charge in [0.05, 0.1) is 26.0 Å². The van der Waals surface area contributed by atoms with Gasteiger partial charge in [-0.05, 0) is 38.0 Å².